The molecule has 5 nitrogen and oxygen atoms in total. The van der Waals surface area contributed by atoms with Crippen LogP contribution in [0.4, 0.5) is 0 Å². The van der Waals surface area contributed by atoms with Gasteiger partial charge in [0.25, 0.3) is 0 Å². The highest BCUT2D eigenvalue weighted by Crippen LogP contribution is 2.34. The van der Waals surface area contributed by atoms with Crippen molar-refractivity contribution in [3.8, 4) is 0 Å². The quantitative estimate of drug-likeness (QED) is 0.671. The van der Waals surface area contributed by atoms with Crippen LogP contribution in [-0.2, 0) is 14.8 Å². The molecule has 1 saturated heterocycles. The van der Waals surface area contributed by atoms with Gasteiger partial charge in [0, 0.05) is 18.6 Å². The van der Waals surface area contributed by atoms with Crippen molar-refractivity contribution >= 4 is 10.0 Å². The van der Waals surface area contributed by atoms with Crippen molar-refractivity contribution in [1.82, 2.24) is 4.31 Å². The summed E-state index contributed by atoms with van der Waals surface area (Å²) < 4.78 is 30.3. The first-order chi connectivity index (χ1) is 6.52. The van der Waals surface area contributed by atoms with Gasteiger partial charge in [-0.1, -0.05) is 0 Å². The van der Waals surface area contributed by atoms with E-state index in [0.717, 1.165) is 12.8 Å². The maximum Gasteiger partial charge on any atom is 0.216 e. The normalized spacial score (nSPS) is 27.5. The summed E-state index contributed by atoms with van der Waals surface area (Å²) in [5, 5.41) is 0. The molecule has 14 heavy (non-hydrogen) atoms. The summed E-state index contributed by atoms with van der Waals surface area (Å²) >= 11 is 0. The molecule has 2 aliphatic rings. The second-order valence-corrected chi connectivity index (χ2v) is 6.10. The lowest BCUT2D eigenvalue weighted by Crippen LogP contribution is -2.45. The predicted octanol–water partition coefficient (Wildman–Crippen LogP) is -0.860. The fourth-order valence-electron chi connectivity index (χ4n) is 1.58. The van der Waals surface area contributed by atoms with Crippen LogP contribution in [0.5, 0.6) is 0 Å². The summed E-state index contributed by atoms with van der Waals surface area (Å²) in [7, 11) is -3.15. The van der Waals surface area contributed by atoms with E-state index in [1.54, 1.807) is 0 Å². The monoisotopic (exact) mass is 220 g/mol. The fourth-order valence-corrected chi connectivity index (χ4v) is 3.49. The largest absolute Gasteiger partial charge is 0.379 e. The van der Waals surface area contributed by atoms with Crippen molar-refractivity contribution in [2.45, 2.75) is 18.4 Å². The van der Waals surface area contributed by atoms with Gasteiger partial charge in [0.05, 0.1) is 19.0 Å². The molecule has 0 atom stereocenters. The first kappa shape index (κ1) is 10.4. The Bertz CT molecular complexity index is 305. The topological polar surface area (TPSA) is 72.6 Å². The third-order valence-corrected chi connectivity index (χ3v) is 4.82. The standard InChI is InChI=1S/C8H16N2O3S/c9-8(1-2-8)7-14(11,12)10-3-5-13-6-4-10/h1-7,9H2. The lowest BCUT2D eigenvalue weighted by atomic mass is 10.4. The van der Waals surface area contributed by atoms with Crippen LogP contribution in [0.1, 0.15) is 12.8 Å². The Morgan fingerprint density at radius 1 is 1.29 bits per heavy atom. The van der Waals surface area contributed by atoms with Crippen LogP contribution in [-0.4, -0.2) is 50.3 Å². The maximum atomic E-state index is 11.8. The Morgan fingerprint density at radius 3 is 2.36 bits per heavy atom. The van der Waals surface area contributed by atoms with Gasteiger partial charge in [-0.3, -0.25) is 0 Å². The minimum atomic E-state index is -3.15. The number of nitrogens with two attached hydrogens (primary N) is 1. The maximum absolute atomic E-state index is 11.8. The number of rotatable bonds is 3. The summed E-state index contributed by atoms with van der Waals surface area (Å²) in [6, 6.07) is 0. The van der Waals surface area contributed by atoms with Gasteiger partial charge in [-0.25, -0.2) is 8.42 Å². The molecule has 2 fully saturated rings. The predicted molar refractivity (Wildman–Crippen MR) is 52.3 cm³/mol. The molecule has 0 aromatic carbocycles. The number of hydrogen-bond acceptors (Lipinski definition) is 4. The Balaban J connectivity index is 1.99. The molecule has 0 spiro atoms. The van der Waals surface area contributed by atoms with E-state index in [-0.39, 0.29) is 5.75 Å². The van der Waals surface area contributed by atoms with Gasteiger partial charge < -0.3 is 10.5 Å². The van der Waals surface area contributed by atoms with E-state index in [0.29, 0.717) is 26.3 Å². The number of ether oxygens (including phenoxy) is 1. The average molecular weight is 220 g/mol. The molecule has 0 amide bonds. The van der Waals surface area contributed by atoms with E-state index in [9.17, 15) is 8.42 Å². The lowest BCUT2D eigenvalue weighted by Gasteiger charge is -2.27. The molecule has 1 heterocycles. The van der Waals surface area contributed by atoms with E-state index < -0.39 is 15.6 Å². The Morgan fingerprint density at radius 2 is 1.86 bits per heavy atom. The summed E-state index contributed by atoms with van der Waals surface area (Å²) in [6.07, 6.45) is 1.66. The van der Waals surface area contributed by atoms with Gasteiger partial charge >= 0.3 is 0 Å². The van der Waals surface area contributed by atoms with Crippen molar-refractivity contribution in [2.24, 2.45) is 5.73 Å². The van der Waals surface area contributed by atoms with Gasteiger partial charge in [0.1, 0.15) is 0 Å². The van der Waals surface area contributed by atoms with Gasteiger partial charge in [0.15, 0.2) is 0 Å². The van der Waals surface area contributed by atoms with Crippen LogP contribution in [0.25, 0.3) is 0 Å². The second kappa shape index (κ2) is 3.44. The molecular formula is C8H16N2O3S. The SMILES string of the molecule is NC1(CS(=O)(=O)N2CCOCC2)CC1. The Hall–Kier alpha value is -0.170. The smallest absolute Gasteiger partial charge is 0.216 e. The van der Waals surface area contributed by atoms with Crippen LogP contribution in [0.15, 0.2) is 0 Å². The highest BCUT2D eigenvalue weighted by atomic mass is 32.2. The Labute approximate surface area is 84.3 Å². The van der Waals surface area contributed by atoms with Crippen molar-refractivity contribution in [1.29, 1.82) is 0 Å². The fraction of sp³-hybridized carbons (Fsp3) is 1.00. The van der Waals surface area contributed by atoms with Gasteiger partial charge in [-0.2, -0.15) is 4.31 Å². The number of nitrogens with zero attached hydrogens (tertiary/aromatic N) is 1. The average Bonchev–Trinajstić information content (AvgIpc) is 2.84. The summed E-state index contributed by atoms with van der Waals surface area (Å²) in [5.74, 6) is 0.0972. The summed E-state index contributed by atoms with van der Waals surface area (Å²) in [5.41, 5.74) is 5.37. The summed E-state index contributed by atoms with van der Waals surface area (Å²) in [4.78, 5) is 0. The molecule has 82 valence electrons. The van der Waals surface area contributed by atoms with E-state index in [1.807, 2.05) is 0 Å². The highest BCUT2D eigenvalue weighted by Gasteiger charge is 2.44. The minimum absolute atomic E-state index is 0.0972. The molecule has 2 rings (SSSR count). The van der Waals surface area contributed by atoms with Crippen molar-refractivity contribution in [3.63, 3.8) is 0 Å². The van der Waals surface area contributed by atoms with Crippen LogP contribution in [0, 0.1) is 0 Å². The van der Waals surface area contributed by atoms with Crippen LogP contribution in [0.3, 0.4) is 0 Å². The first-order valence-electron chi connectivity index (χ1n) is 4.86. The first-order valence-corrected chi connectivity index (χ1v) is 6.47. The molecule has 1 saturated carbocycles. The van der Waals surface area contributed by atoms with Gasteiger partial charge in [-0.05, 0) is 12.8 Å². The number of morpholine rings is 1. The molecule has 1 aliphatic heterocycles. The highest BCUT2D eigenvalue weighted by molar-refractivity contribution is 7.89. The lowest BCUT2D eigenvalue weighted by molar-refractivity contribution is 0.0729. The zero-order valence-electron chi connectivity index (χ0n) is 8.11. The summed E-state index contributed by atoms with van der Waals surface area (Å²) in [6.45, 7) is 1.93. The van der Waals surface area contributed by atoms with E-state index in [4.69, 9.17) is 10.5 Å². The Kier molecular flexibility index (Phi) is 2.55. The number of sulfonamides is 1. The van der Waals surface area contributed by atoms with E-state index in [2.05, 4.69) is 0 Å². The molecule has 0 bridgehead atoms. The van der Waals surface area contributed by atoms with Crippen LogP contribution >= 0.6 is 0 Å². The van der Waals surface area contributed by atoms with Crippen LogP contribution < -0.4 is 5.73 Å². The van der Waals surface area contributed by atoms with E-state index in [1.165, 1.54) is 4.31 Å². The zero-order valence-corrected chi connectivity index (χ0v) is 8.92. The molecule has 0 aromatic heterocycles. The zero-order chi connectivity index (χ0) is 10.2. The minimum Gasteiger partial charge on any atom is -0.379 e. The molecule has 1 aliphatic carbocycles. The third-order valence-electron chi connectivity index (χ3n) is 2.73. The van der Waals surface area contributed by atoms with Crippen LogP contribution in [0.2, 0.25) is 0 Å². The van der Waals surface area contributed by atoms with Crippen molar-refractivity contribution in [3.05, 3.63) is 0 Å². The third kappa shape index (κ3) is 2.25. The molecule has 0 aromatic rings. The van der Waals surface area contributed by atoms with Gasteiger partial charge in [-0.15, -0.1) is 0 Å². The van der Waals surface area contributed by atoms with E-state index >= 15 is 0 Å². The van der Waals surface area contributed by atoms with Crippen molar-refractivity contribution in [2.75, 3.05) is 32.1 Å². The van der Waals surface area contributed by atoms with Crippen molar-refractivity contribution < 1.29 is 13.2 Å². The molecule has 0 unspecified atom stereocenters. The van der Waals surface area contributed by atoms with Gasteiger partial charge in [0.2, 0.25) is 10.0 Å². The second-order valence-electron chi connectivity index (χ2n) is 4.13. The number of hydrogen-bond donors (Lipinski definition) is 1. The molecule has 0 radical (unpaired) electrons. The molecular weight excluding hydrogens is 204 g/mol. The molecule has 6 heteroatoms. The molecule has 2 N–H and O–H groups in total.